The number of anilines is 1. The molecule has 1 aliphatic rings. The molecule has 1 saturated carbocycles. The minimum atomic E-state index is -4.76. The van der Waals surface area contributed by atoms with Gasteiger partial charge in [-0.2, -0.15) is 0 Å². The van der Waals surface area contributed by atoms with E-state index in [1.807, 2.05) is 13.8 Å². The fourth-order valence-corrected chi connectivity index (χ4v) is 3.83. The molecule has 6 nitrogen and oxygen atoms in total. The maximum atomic E-state index is 12.8. The van der Waals surface area contributed by atoms with E-state index < -0.39 is 11.9 Å². The number of fused-ring (bicyclic) bond motifs is 1. The molecule has 2 aromatic rings. The van der Waals surface area contributed by atoms with E-state index in [1.54, 1.807) is 0 Å². The minimum Gasteiger partial charge on any atom is -0.406 e. The van der Waals surface area contributed by atoms with Gasteiger partial charge in [-0.3, -0.25) is 4.79 Å². The molecule has 154 valence electrons. The van der Waals surface area contributed by atoms with Crippen LogP contribution in [0.1, 0.15) is 33.1 Å². The van der Waals surface area contributed by atoms with E-state index in [2.05, 4.69) is 20.4 Å². The van der Waals surface area contributed by atoms with Gasteiger partial charge in [-0.05, 0) is 37.3 Å². The Morgan fingerprint density at radius 1 is 1.39 bits per heavy atom. The topological polar surface area (TPSA) is 89.3 Å². The predicted octanol–water partition coefficient (Wildman–Crippen LogP) is 3.63. The summed E-state index contributed by atoms with van der Waals surface area (Å²) in [4.78, 5) is 17.1. The van der Waals surface area contributed by atoms with Crippen LogP contribution in [0, 0.1) is 5.92 Å². The average molecular weight is 416 g/mol. The van der Waals surface area contributed by atoms with Crippen LogP contribution in [0.5, 0.6) is 5.75 Å². The lowest BCUT2D eigenvalue weighted by molar-refractivity contribution is -0.274. The van der Waals surface area contributed by atoms with Gasteiger partial charge in [0.1, 0.15) is 5.75 Å². The Morgan fingerprint density at radius 2 is 2.11 bits per heavy atom. The zero-order valence-corrected chi connectivity index (χ0v) is 16.4. The highest BCUT2D eigenvalue weighted by atomic mass is 32.1. The number of hydrogen-bond donors (Lipinski definition) is 3. The molecule has 4 N–H and O–H groups in total. The van der Waals surface area contributed by atoms with Gasteiger partial charge in [-0.1, -0.05) is 25.2 Å². The lowest BCUT2D eigenvalue weighted by atomic mass is 9.75. The quantitative estimate of drug-likeness (QED) is 0.641. The van der Waals surface area contributed by atoms with Crippen molar-refractivity contribution in [1.29, 1.82) is 0 Å². The smallest absolute Gasteiger partial charge is 0.406 e. The van der Waals surface area contributed by atoms with Crippen molar-refractivity contribution >= 4 is 32.6 Å². The zero-order valence-electron chi connectivity index (χ0n) is 15.6. The first-order chi connectivity index (χ1) is 13.1. The number of ether oxygens (including phenoxy) is 1. The molecule has 0 saturated heterocycles. The van der Waals surface area contributed by atoms with Crippen LogP contribution >= 0.6 is 11.3 Å². The van der Waals surface area contributed by atoms with Crippen LogP contribution in [0.4, 0.5) is 18.3 Å². The molecule has 1 fully saturated rings. The number of carbonyl (C=O) groups excluding carboxylic acids is 1. The van der Waals surface area contributed by atoms with E-state index in [-0.39, 0.29) is 17.7 Å². The Balaban J connectivity index is 1.69. The number of nitrogens with one attached hydrogen (secondary N) is 2. The molecule has 3 rings (SSSR count). The summed E-state index contributed by atoms with van der Waals surface area (Å²) in [5, 5.41) is 6.43. The first kappa shape index (κ1) is 20.8. The Morgan fingerprint density at radius 3 is 2.68 bits per heavy atom. The van der Waals surface area contributed by atoms with Crippen LogP contribution in [-0.4, -0.2) is 35.4 Å². The summed E-state index contributed by atoms with van der Waals surface area (Å²) < 4.78 is 41.5. The fraction of sp³-hybridized carbons (Fsp3) is 0.556. The highest BCUT2D eigenvalue weighted by molar-refractivity contribution is 7.22. The molecule has 0 aliphatic heterocycles. The number of hydrogen-bond acceptors (Lipinski definition) is 6. The largest absolute Gasteiger partial charge is 0.573 e. The lowest BCUT2D eigenvalue weighted by Crippen LogP contribution is -2.61. The monoisotopic (exact) mass is 416 g/mol. The van der Waals surface area contributed by atoms with Crippen LogP contribution in [0.25, 0.3) is 10.2 Å². The number of alkyl halides is 3. The lowest BCUT2D eigenvalue weighted by Gasteiger charge is -2.41. The molecular formula is C18H23F3N4O2S. The van der Waals surface area contributed by atoms with Gasteiger partial charge in [0, 0.05) is 18.7 Å². The molecular weight excluding hydrogens is 393 g/mol. The van der Waals surface area contributed by atoms with Crippen molar-refractivity contribution in [3.8, 4) is 5.75 Å². The predicted molar refractivity (Wildman–Crippen MR) is 102 cm³/mol. The van der Waals surface area contributed by atoms with Gasteiger partial charge in [0.2, 0.25) is 5.91 Å². The van der Waals surface area contributed by atoms with Crippen LogP contribution < -0.4 is 21.1 Å². The number of amides is 1. The number of nitrogens with zero attached hydrogens (tertiary/aromatic N) is 1. The minimum absolute atomic E-state index is 0.0558. The Kier molecular flexibility index (Phi) is 5.83. The molecule has 10 heteroatoms. The fourth-order valence-electron chi connectivity index (χ4n) is 2.94. The molecule has 0 unspecified atom stereocenters. The highest BCUT2D eigenvalue weighted by Crippen LogP contribution is 2.35. The van der Waals surface area contributed by atoms with Gasteiger partial charge >= 0.3 is 6.36 Å². The molecule has 0 radical (unpaired) electrons. The van der Waals surface area contributed by atoms with Crippen molar-refractivity contribution in [2.24, 2.45) is 11.7 Å². The summed E-state index contributed by atoms with van der Waals surface area (Å²) in [5.74, 6) is -0.216. The molecule has 0 bridgehead atoms. The second kappa shape index (κ2) is 7.84. The number of thiazole rings is 1. The molecule has 1 aromatic heterocycles. The maximum Gasteiger partial charge on any atom is 0.573 e. The zero-order chi connectivity index (χ0) is 20.5. The highest BCUT2D eigenvalue weighted by Gasteiger charge is 2.44. The summed E-state index contributed by atoms with van der Waals surface area (Å²) in [6.07, 6.45) is -2.40. The number of rotatable bonds is 7. The van der Waals surface area contributed by atoms with E-state index in [9.17, 15) is 18.0 Å². The summed E-state index contributed by atoms with van der Waals surface area (Å²) in [5.41, 5.74) is 5.89. The number of nitrogens with two attached hydrogens (primary N) is 1. The first-order valence-electron chi connectivity index (χ1n) is 9.06. The van der Waals surface area contributed by atoms with Gasteiger partial charge in [-0.15, -0.1) is 13.2 Å². The van der Waals surface area contributed by atoms with Crippen molar-refractivity contribution in [2.45, 2.75) is 51.1 Å². The third kappa shape index (κ3) is 4.73. The second-order valence-corrected chi connectivity index (χ2v) is 8.41. The van der Waals surface area contributed by atoms with Crippen LogP contribution in [-0.2, 0) is 4.79 Å². The van der Waals surface area contributed by atoms with Gasteiger partial charge < -0.3 is 21.1 Å². The number of carbonyl (C=O) groups is 1. The number of halogens is 3. The average Bonchev–Trinajstić information content (AvgIpc) is 2.93. The SMILES string of the molecule is CC(C)[C@@H](N)CNC1(C(=O)Nc2nc3ccc(OC(F)(F)F)cc3s2)CCC1. The van der Waals surface area contributed by atoms with Crippen LogP contribution in [0.15, 0.2) is 18.2 Å². The summed E-state index contributed by atoms with van der Waals surface area (Å²) >= 11 is 1.10. The van der Waals surface area contributed by atoms with E-state index in [4.69, 9.17) is 5.73 Å². The van der Waals surface area contributed by atoms with E-state index in [1.165, 1.54) is 18.2 Å². The standard InChI is InChI=1S/C18H23F3N4O2S/c1-10(2)12(22)9-23-17(6-3-7-17)15(26)25-16-24-13-5-4-11(8-14(13)28-16)27-18(19,20)21/h4-5,8,10,12,23H,3,6-7,9,22H2,1-2H3,(H,24,25,26)/t12-/m0/s1. The molecule has 1 heterocycles. The summed E-state index contributed by atoms with van der Waals surface area (Å²) in [6, 6.07) is 3.83. The summed E-state index contributed by atoms with van der Waals surface area (Å²) in [6.45, 7) is 4.58. The van der Waals surface area contributed by atoms with Crippen LogP contribution in [0.2, 0.25) is 0 Å². The van der Waals surface area contributed by atoms with Crippen molar-refractivity contribution < 1.29 is 22.7 Å². The van der Waals surface area contributed by atoms with Crippen molar-refractivity contribution in [1.82, 2.24) is 10.3 Å². The van der Waals surface area contributed by atoms with E-state index in [0.29, 0.717) is 40.7 Å². The number of aromatic nitrogens is 1. The second-order valence-electron chi connectivity index (χ2n) is 7.37. The molecule has 28 heavy (non-hydrogen) atoms. The normalized spacial score (nSPS) is 17.4. The summed E-state index contributed by atoms with van der Waals surface area (Å²) in [7, 11) is 0. The molecule has 1 aliphatic carbocycles. The first-order valence-corrected chi connectivity index (χ1v) is 9.88. The van der Waals surface area contributed by atoms with Crippen molar-refractivity contribution in [3.05, 3.63) is 18.2 Å². The van der Waals surface area contributed by atoms with Gasteiger partial charge in [0.05, 0.1) is 15.8 Å². The maximum absolute atomic E-state index is 12.8. The van der Waals surface area contributed by atoms with E-state index in [0.717, 1.165) is 17.8 Å². The molecule has 1 aromatic carbocycles. The third-order valence-electron chi connectivity index (χ3n) is 4.99. The van der Waals surface area contributed by atoms with Crippen molar-refractivity contribution in [2.75, 3.05) is 11.9 Å². The molecule has 1 amide bonds. The number of benzene rings is 1. The van der Waals surface area contributed by atoms with E-state index >= 15 is 0 Å². The van der Waals surface area contributed by atoms with Gasteiger partial charge in [0.25, 0.3) is 0 Å². The molecule has 1 atom stereocenters. The van der Waals surface area contributed by atoms with Gasteiger partial charge in [0.15, 0.2) is 5.13 Å². The van der Waals surface area contributed by atoms with Crippen molar-refractivity contribution in [3.63, 3.8) is 0 Å². The Labute approximate surface area is 164 Å². The molecule has 0 spiro atoms. The Hall–Kier alpha value is -1.91. The van der Waals surface area contributed by atoms with Gasteiger partial charge in [-0.25, -0.2) is 4.98 Å². The third-order valence-corrected chi connectivity index (χ3v) is 5.92. The van der Waals surface area contributed by atoms with Crippen LogP contribution in [0.3, 0.4) is 0 Å². The Bertz CT molecular complexity index is 849.